The highest BCUT2D eigenvalue weighted by molar-refractivity contribution is 8.02. The maximum atomic E-state index is 13.4. The molecular formula is C28H39N9O2S. The summed E-state index contributed by atoms with van der Waals surface area (Å²) in [7, 11) is 1.78. The molecule has 2 aromatic heterocycles. The van der Waals surface area contributed by atoms with Gasteiger partial charge in [-0.1, -0.05) is 32.0 Å². The summed E-state index contributed by atoms with van der Waals surface area (Å²) in [5.41, 5.74) is 3.93. The van der Waals surface area contributed by atoms with E-state index in [2.05, 4.69) is 54.9 Å². The molecule has 0 saturated carbocycles. The molecule has 3 aliphatic heterocycles. The molecule has 2 saturated heterocycles. The topological polar surface area (TPSA) is 131 Å². The van der Waals surface area contributed by atoms with E-state index in [0.717, 1.165) is 48.4 Å². The van der Waals surface area contributed by atoms with E-state index in [9.17, 15) is 9.59 Å². The summed E-state index contributed by atoms with van der Waals surface area (Å²) in [4.78, 5) is 40.0. The molecule has 0 aromatic carbocycles. The van der Waals surface area contributed by atoms with Gasteiger partial charge in [-0.15, -0.1) is 0 Å². The van der Waals surface area contributed by atoms with Crippen LogP contribution in [0.4, 0.5) is 5.95 Å². The van der Waals surface area contributed by atoms with E-state index in [0.29, 0.717) is 36.2 Å². The molecule has 2 fully saturated rings. The van der Waals surface area contributed by atoms with Gasteiger partial charge < -0.3 is 25.8 Å². The van der Waals surface area contributed by atoms with Crippen molar-refractivity contribution in [1.82, 2.24) is 40.6 Å². The SMILES string of the molecule is CNc1ncc2c(n1)-c1n[nH]c(C(=O)NC3NC(CC(=O)N4CCC(N5CCCCC5)CC4)=CS3)c1C(C)(C)C2. The molecule has 1 atom stereocenters. The number of carbonyl (C=O) groups excluding carboxylic acids is 2. The van der Waals surface area contributed by atoms with E-state index >= 15 is 0 Å². The molecule has 4 aliphatic rings. The van der Waals surface area contributed by atoms with E-state index in [1.165, 1.54) is 44.1 Å². The Hall–Kier alpha value is -3.12. The fourth-order valence-corrected chi connectivity index (χ4v) is 7.39. The molecule has 1 aliphatic carbocycles. The number of aromatic amines is 1. The quantitative estimate of drug-likeness (QED) is 0.418. The van der Waals surface area contributed by atoms with Gasteiger partial charge in [0.15, 0.2) is 5.50 Å². The van der Waals surface area contributed by atoms with Crippen molar-refractivity contribution in [1.29, 1.82) is 0 Å². The summed E-state index contributed by atoms with van der Waals surface area (Å²) in [6.45, 7) is 8.28. The van der Waals surface area contributed by atoms with Crippen LogP contribution in [0.25, 0.3) is 11.4 Å². The lowest BCUT2D eigenvalue weighted by Gasteiger charge is -2.40. The van der Waals surface area contributed by atoms with Crippen molar-refractivity contribution in [2.75, 3.05) is 38.5 Å². The normalized spacial score (nSPS) is 22.6. The Kier molecular flexibility index (Phi) is 7.47. The second-order valence-electron chi connectivity index (χ2n) is 11.9. The molecule has 11 nitrogen and oxygen atoms in total. The van der Waals surface area contributed by atoms with Crippen molar-refractivity contribution in [2.24, 2.45) is 0 Å². The van der Waals surface area contributed by atoms with Crippen molar-refractivity contribution in [3.05, 3.63) is 34.1 Å². The van der Waals surface area contributed by atoms with Crippen molar-refractivity contribution in [3.8, 4) is 11.4 Å². The third-order valence-corrected chi connectivity index (χ3v) is 9.53. The zero-order chi connectivity index (χ0) is 27.9. The maximum Gasteiger partial charge on any atom is 0.271 e. The number of anilines is 1. The standard InChI is InChI=1S/C28H39N9O2S/c1-28(2)14-17-15-30-26(29-3)32-22(17)23-21(28)24(35-34-23)25(39)33-27-31-18(16-40-27)13-20(38)37-11-7-19(8-12-37)36-9-5-4-6-10-36/h15-16,19,27,31H,4-14H2,1-3H3,(H,33,39)(H,34,35)(H,29,30,32). The fraction of sp³-hybridized carbons (Fsp3) is 0.607. The average molecular weight is 566 g/mol. The number of H-pyrrole nitrogens is 1. The Morgan fingerprint density at radius 1 is 1.12 bits per heavy atom. The van der Waals surface area contributed by atoms with Crippen molar-refractivity contribution >= 4 is 29.5 Å². The van der Waals surface area contributed by atoms with Gasteiger partial charge in [0.1, 0.15) is 11.4 Å². The number of amides is 2. The molecule has 2 aromatic rings. The average Bonchev–Trinajstić information content (AvgIpc) is 3.61. The number of aromatic nitrogens is 4. The van der Waals surface area contributed by atoms with Gasteiger partial charge in [0, 0.05) is 43.6 Å². The molecular weight excluding hydrogens is 526 g/mol. The molecule has 1 unspecified atom stereocenters. The number of carbonyl (C=O) groups is 2. The minimum absolute atomic E-state index is 0.148. The van der Waals surface area contributed by atoms with Crippen LogP contribution < -0.4 is 16.0 Å². The zero-order valence-corrected chi connectivity index (χ0v) is 24.4. The van der Waals surface area contributed by atoms with E-state index in [1.54, 1.807) is 7.05 Å². The second-order valence-corrected chi connectivity index (χ2v) is 12.8. The molecule has 0 bridgehead atoms. The van der Waals surface area contributed by atoms with Crippen molar-refractivity contribution in [3.63, 3.8) is 0 Å². The molecule has 40 heavy (non-hydrogen) atoms. The van der Waals surface area contributed by atoms with E-state index < -0.39 is 0 Å². The summed E-state index contributed by atoms with van der Waals surface area (Å²) in [6, 6.07) is 0.618. The number of likely N-dealkylation sites (tertiary alicyclic amines) is 2. The van der Waals surface area contributed by atoms with Gasteiger partial charge in [-0.25, -0.2) is 9.97 Å². The maximum absolute atomic E-state index is 13.4. The van der Waals surface area contributed by atoms with E-state index in [-0.39, 0.29) is 22.7 Å². The van der Waals surface area contributed by atoms with Crippen LogP contribution in [0.5, 0.6) is 0 Å². The molecule has 5 heterocycles. The van der Waals surface area contributed by atoms with E-state index in [4.69, 9.17) is 0 Å². The molecule has 6 rings (SSSR count). The summed E-state index contributed by atoms with van der Waals surface area (Å²) in [5.74, 6) is 0.429. The lowest BCUT2D eigenvalue weighted by Crippen LogP contribution is -2.48. The molecule has 12 heteroatoms. The zero-order valence-electron chi connectivity index (χ0n) is 23.5. The van der Waals surface area contributed by atoms with Crippen LogP contribution in [0.3, 0.4) is 0 Å². The fourth-order valence-electron chi connectivity index (χ4n) is 6.54. The van der Waals surface area contributed by atoms with Gasteiger partial charge in [0.25, 0.3) is 5.91 Å². The van der Waals surface area contributed by atoms with Crippen LogP contribution in [-0.4, -0.2) is 86.5 Å². The first-order valence-electron chi connectivity index (χ1n) is 14.4. The van der Waals surface area contributed by atoms with Crippen LogP contribution in [0, 0.1) is 0 Å². The first-order valence-corrected chi connectivity index (χ1v) is 15.3. The summed E-state index contributed by atoms with van der Waals surface area (Å²) in [5, 5.41) is 18.8. The number of hydrogen-bond donors (Lipinski definition) is 4. The highest BCUT2D eigenvalue weighted by Crippen LogP contribution is 2.43. The summed E-state index contributed by atoms with van der Waals surface area (Å²) >= 11 is 1.47. The largest absolute Gasteiger partial charge is 0.359 e. The molecule has 0 spiro atoms. The Bertz CT molecular complexity index is 1310. The van der Waals surface area contributed by atoms with Crippen LogP contribution in [0.1, 0.15) is 74.0 Å². The number of hydrogen-bond acceptors (Lipinski definition) is 9. The Morgan fingerprint density at radius 2 is 1.90 bits per heavy atom. The second kappa shape index (κ2) is 11.0. The molecule has 0 radical (unpaired) electrons. The first kappa shape index (κ1) is 27.1. The Balaban J connectivity index is 1.04. The minimum Gasteiger partial charge on any atom is -0.359 e. The third kappa shape index (κ3) is 5.30. The van der Waals surface area contributed by atoms with Crippen molar-refractivity contribution in [2.45, 2.75) is 75.7 Å². The van der Waals surface area contributed by atoms with E-state index in [1.807, 2.05) is 16.5 Å². The van der Waals surface area contributed by atoms with Gasteiger partial charge in [-0.2, -0.15) is 5.10 Å². The van der Waals surface area contributed by atoms with Crippen LogP contribution in [0.2, 0.25) is 0 Å². The highest BCUT2D eigenvalue weighted by atomic mass is 32.2. The molecule has 4 N–H and O–H groups in total. The van der Waals surface area contributed by atoms with Crippen LogP contribution >= 0.6 is 11.8 Å². The molecule has 2 amide bonds. The summed E-state index contributed by atoms with van der Waals surface area (Å²) in [6.07, 6.45) is 8.93. The van der Waals surface area contributed by atoms with Gasteiger partial charge in [0.2, 0.25) is 11.9 Å². The lowest BCUT2D eigenvalue weighted by atomic mass is 9.73. The predicted molar refractivity (Wildman–Crippen MR) is 156 cm³/mol. The number of piperidine rings is 2. The summed E-state index contributed by atoms with van der Waals surface area (Å²) < 4.78 is 0. The Labute approximate surface area is 239 Å². The number of rotatable bonds is 6. The van der Waals surface area contributed by atoms with Crippen LogP contribution in [-0.2, 0) is 16.6 Å². The minimum atomic E-state index is -0.351. The number of nitrogens with one attached hydrogen (secondary N) is 4. The van der Waals surface area contributed by atoms with Gasteiger partial charge in [0.05, 0.1) is 12.1 Å². The van der Waals surface area contributed by atoms with Crippen molar-refractivity contribution < 1.29 is 9.59 Å². The van der Waals surface area contributed by atoms with Gasteiger partial charge in [-0.3, -0.25) is 14.7 Å². The third-order valence-electron chi connectivity index (χ3n) is 8.61. The van der Waals surface area contributed by atoms with Crippen LogP contribution in [0.15, 0.2) is 17.3 Å². The molecule has 214 valence electrons. The Morgan fingerprint density at radius 3 is 2.65 bits per heavy atom. The predicted octanol–water partition coefficient (Wildman–Crippen LogP) is 2.80. The highest BCUT2D eigenvalue weighted by Gasteiger charge is 2.39. The first-order chi connectivity index (χ1) is 19.3. The van der Waals surface area contributed by atoms with Gasteiger partial charge in [-0.05, 0) is 61.6 Å². The smallest absolute Gasteiger partial charge is 0.271 e. The number of thioether (sulfide) groups is 1. The monoisotopic (exact) mass is 565 g/mol. The van der Waals surface area contributed by atoms with Gasteiger partial charge >= 0.3 is 0 Å². The number of nitrogens with zero attached hydrogens (tertiary/aromatic N) is 5. The number of fused-ring (bicyclic) bond motifs is 3. The lowest BCUT2D eigenvalue weighted by molar-refractivity contribution is -0.132.